The molecule has 0 saturated carbocycles. The third-order valence-corrected chi connectivity index (χ3v) is 2.47. The highest BCUT2D eigenvalue weighted by molar-refractivity contribution is 5.07. The third-order valence-electron chi connectivity index (χ3n) is 2.47. The highest BCUT2D eigenvalue weighted by Crippen LogP contribution is 2.14. The van der Waals surface area contributed by atoms with Crippen LogP contribution >= 0.6 is 0 Å². The first-order chi connectivity index (χ1) is 7.19. The quantitative estimate of drug-likeness (QED) is 0.804. The molecular weight excluding hydrogens is 197 g/mol. The van der Waals surface area contributed by atoms with Crippen LogP contribution in [0.3, 0.4) is 0 Å². The molecule has 2 atom stereocenters. The maximum Gasteiger partial charge on any atom is 0.144 e. The number of aromatic nitrogens is 1. The first-order valence-electron chi connectivity index (χ1n) is 4.92. The van der Waals surface area contributed by atoms with E-state index in [4.69, 9.17) is 9.84 Å². The number of nitrogens with zero attached hydrogens (tertiary/aromatic N) is 1. The van der Waals surface area contributed by atoms with E-state index in [1.807, 2.05) is 6.92 Å². The molecule has 0 aliphatic heterocycles. The van der Waals surface area contributed by atoms with Crippen molar-refractivity contribution in [3.05, 3.63) is 29.8 Å². The largest absolute Gasteiger partial charge is 0.394 e. The van der Waals surface area contributed by atoms with Gasteiger partial charge in [0.25, 0.3) is 0 Å². The van der Waals surface area contributed by atoms with E-state index in [1.54, 1.807) is 12.3 Å². The number of hydrogen-bond donors (Lipinski definition) is 1. The molecule has 0 bridgehead atoms. The van der Waals surface area contributed by atoms with E-state index in [-0.39, 0.29) is 24.4 Å². The van der Waals surface area contributed by atoms with Crippen molar-refractivity contribution in [2.45, 2.75) is 19.4 Å². The van der Waals surface area contributed by atoms with E-state index in [1.165, 1.54) is 13.2 Å². The molecule has 1 aromatic rings. The van der Waals surface area contributed by atoms with E-state index in [0.717, 1.165) is 0 Å². The zero-order valence-electron chi connectivity index (χ0n) is 8.98. The van der Waals surface area contributed by atoms with E-state index >= 15 is 0 Å². The minimum Gasteiger partial charge on any atom is -0.394 e. The van der Waals surface area contributed by atoms with Crippen molar-refractivity contribution in [3.63, 3.8) is 0 Å². The summed E-state index contributed by atoms with van der Waals surface area (Å²) in [6.45, 7) is 1.84. The Hall–Kier alpha value is -1.00. The van der Waals surface area contributed by atoms with Crippen molar-refractivity contribution in [1.82, 2.24) is 4.98 Å². The van der Waals surface area contributed by atoms with Gasteiger partial charge in [-0.3, -0.25) is 4.98 Å². The Morgan fingerprint density at radius 3 is 2.87 bits per heavy atom. The molecule has 84 valence electrons. The molecule has 0 saturated heterocycles. The van der Waals surface area contributed by atoms with E-state index in [0.29, 0.717) is 12.1 Å². The van der Waals surface area contributed by atoms with Gasteiger partial charge in [0.15, 0.2) is 0 Å². The van der Waals surface area contributed by atoms with Gasteiger partial charge in [0.05, 0.1) is 18.4 Å². The van der Waals surface area contributed by atoms with Crippen LogP contribution < -0.4 is 0 Å². The molecule has 0 aromatic carbocycles. The molecule has 0 aliphatic rings. The molecule has 0 amide bonds. The lowest BCUT2D eigenvalue weighted by Gasteiger charge is -2.20. The monoisotopic (exact) mass is 213 g/mol. The van der Waals surface area contributed by atoms with Gasteiger partial charge in [-0.25, -0.2) is 4.39 Å². The second-order valence-corrected chi connectivity index (χ2v) is 3.57. The predicted octanol–water partition coefficient (Wildman–Crippen LogP) is 1.41. The maximum absolute atomic E-state index is 13.3. The summed E-state index contributed by atoms with van der Waals surface area (Å²) < 4.78 is 18.3. The van der Waals surface area contributed by atoms with Gasteiger partial charge >= 0.3 is 0 Å². The minimum absolute atomic E-state index is 0.0319. The van der Waals surface area contributed by atoms with Gasteiger partial charge < -0.3 is 9.84 Å². The van der Waals surface area contributed by atoms with Crippen LogP contribution in [0.25, 0.3) is 0 Å². The van der Waals surface area contributed by atoms with Crippen LogP contribution in [-0.4, -0.2) is 29.9 Å². The zero-order valence-corrected chi connectivity index (χ0v) is 8.98. The summed E-state index contributed by atoms with van der Waals surface area (Å²) in [5.41, 5.74) is 0.417. The van der Waals surface area contributed by atoms with Crippen molar-refractivity contribution in [2.75, 3.05) is 13.7 Å². The van der Waals surface area contributed by atoms with E-state index < -0.39 is 0 Å². The molecule has 1 rings (SSSR count). The lowest BCUT2D eigenvalue weighted by molar-refractivity contribution is 0.0125. The summed E-state index contributed by atoms with van der Waals surface area (Å²) in [5.74, 6) is -0.276. The van der Waals surface area contributed by atoms with Crippen LogP contribution in [0.15, 0.2) is 18.3 Å². The van der Waals surface area contributed by atoms with Crippen LogP contribution in [0.4, 0.5) is 4.39 Å². The number of rotatable bonds is 5. The number of aliphatic hydroxyl groups excluding tert-OH is 1. The fraction of sp³-hybridized carbons (Fsp3) is 0.545. The second kappa shape index (κ2) is 5.78. The molecule has 0 fully saturated rings. The summed E-state index contributed by atoms with van der Waals surface area (Å²) in [4.78, 5) is 3.96. The molecule has 4 heteroatoms. The summed E-state index contributed by atoms with van der Waals surface area (Å²) >= 11 is 0. The molecule has 1 heterocycles. The number of ether oxygens (including phenoxy) is 1. The van der Waals surface area contributed by atoms with Crippen molar-refractivity contribution in [2.24, 2.45) is 5.92 Å². The SMILES string of the molecule is CO[C@H](CO)[C@H](C)Cc1ncccc1F. The molecule has 3 nitrogen and oxygen atoms in total. The Balaban J connectivity index is 2.65. The topological polar surface area (TPSA) is 42.4 Å². The Morgan fingerprint density at radius 1 is 1.60 bits per heavy atom. The Kier molecular flexibility index (Phi) is 4.65. The van der Waals surface area contributed by atoms with E-state index in [2.05, 4.69) is 4.98 Å². The van der Waals surface area contributed by atoms with Gasteiger partial charge in [0, 0.05) is 13.3 Å². The average molecular weight is 213 g/mol. The second-order valence-electron chi connectivity index (χ2n) is 3.57. The van der Waals surface area contributed by atoms with Crippen molar-refractivity contribution < 1.29 is 14.2 Å². The Morgan fingerprint density at radius 2 is 2.33 bits per heavy atom. The minimum atomic E-state index is -0.308. The van der Waals surface area contributed by atoms with Crippen molar-refractivity contribution in [3.8, 4) is 0 Å². The average Bonchev–Trinajstić information content (AvgIpc) is 2.23. The van der Waals surface area contributed by atoms with Crippen LogP contribution in [0, 0.1) is 11.7 Å². The summed E-state index contributed by atoms with van der Waals surface area (Å²) in [5, 5.41) is 9.00. The lowest BCUT2D eigenvalue weighted by Crippen LogP contribution is -2.26. The third kappa shape index (κ3) is 3.25. The lowest BCUT2D eigenvalue weighted by atomic mass is 9.99. The molecule has 15 heavy (non-hydrogen) atoms. The number of methoxy groups -OCH3 is 1. The highest BCUT2D eigenvalue weighted by atomic mass is 19.1. The summed E-state index contributed by atoms with van der Waals surface area (Å²) in [6.07, 6.45) is 1.75. The smallest absolute Gasteiger partial charge is 0.144 e. The number of aliphatic hydroxyl groups is 1. The molecular formula is C11H16FNO2. The molecule has 0 spiro atoms. The van der Waals surface area contributed by atoms with Crippen LogP contribution in [0.1, 0.15) is 12.6 Å². The fourth-order valence-corrected chi connectivity index (χ4v) is 1.49. The summed E-state index contributed by atoms with van der Waals surface area (Å²) in [7, 11) is 1.53. The van der Waals surface area contributed by atoms with Crippen molar-refractivity contribution in [1.29, 1.82) is 0 Å². The standard InChI is InChI=1S/C11H16FNO2/c1-8(11(7-14)15-2)6-10-9(12)4-3-5-13-10/h3-5,8,11,14H,6-7H2,1-2H3/t8-,11-/m1/s1. The normalized spacial score (nSPS) is 14.9. The first-order valence-corrected chi connectivity index (χ1v) is 4.92. The molecule has 1 N–H and O–H groups in total. The van der Waals surface area contributed by atoms with Gasteiger partial charge in [0.2, 0.25) is 0 Å². The zero-order chi connectivity index (χ0) is 11.3. The van der Waals surface area contributed by atoms with Crippen LogP contribution in [0.2, 0.25) is 0 Å². The van der Waals surface area contributed by atoms with Crippen LogP contribution in [-0.2, 0) is 11.2 Å². The fourth-order valence-electron chi connectivity index (χ4n) is 1.49. The van der Waals surface area contributed by atoms with Gasteiger partial charge in [0.1, 0.15) is 5.82 Å². The molecule has 0 radical (unpaired) electrons. The van der Waals surface area contributed by atoms with Gasteiger partial charge in [-0.2, -0.15) is 0 Å². The first kappa shape index (κ1) is 12.1. The van der Waals surface area contributed by atoms with Crippen LogP contribution in [0.5, 0.6) is 0 Å². The molecule has 1 aromatic heterocycles. The van der Waals surface area contributed by atoms with E-state index in [9.17, 15) is 4.39 Å². The Bertz CT molecular complexity index is 302. The predicted molar refractivity (Wildman–Crippen MR) is 54.9 cm³/mol. The highest BCUT2D eigenvalue weighted by Gasteiger charge is 2.18. The summed E-state index contributed by atoms with van der Waals surface area (Å²) in [6, 6.07) is 2.94. The number of halogens is 1. The van der Waals surface area contributed by atoms with Crippen molar-refractivity contribution >= 4 is 0 Å². The van der Waals surface area contributed by atoms with Gasteiger partial charge in [-0.1, -0.05) is 6.92 Å². The molecule has 0 unspecified atom stereocenters. The molecule has 0 aliphatic carbocycles. The van der Waals surface area contributed by atoms with Gasteiger partial charge in [-0.15, -0.1) is 0 Å². The number of hydrogen-bond acceptors (Lipinski definition) is 3. The number of pyridine rings is 1. The van der Waals surface area contributed by atoms with Gasteiger partial charge in [-0.05, 0) is 24.5 Å². The maximum atomic E-state index is 13.3. The Labute approximate surface area is 88.9 Å².